The number of likely N-dealkylation sites (tertiary alicyclic amines) is 2. The smallest absolute Gasteiger partial charge is 0.410 e. The van der Waals surface area contributed by atoms with Crippen molar-refractivity contribution in [3.8, 4) is 0 Å². The molecule has 2 aliphatic rings. The lowest BCUT2D eigenvalue weighted by molar-refractivity contribution is 0.0168. The van der Waals surface area contributed by atoms with E-state index in [0.717, 1.165) is 5.56 Å². The first kappa shape index (κ1) is 25.4. The first-order valence-corrected chi connectivity index (χ1v) is 13.5. The number of benzene rings is 2. The molecule has 188 valence electrons. The number of piperazine rings is 1. The number of amides is 1. The van der Waals surface area contributed by atoms with Crippen molar-refractivity contribution in [3.63, 3.8) is 0 Å². The van der Waals surface area contributed by atoms with E-state index in [9.17, 15) is 17.6 Å². The minimum absolute atomic E-state index is 0.0865. The van der Waals surface area contributed by atoms with Gasteiger partial charge in [-0.1, -0.05) is 17.7 Å². The van der Waals surface area contributed by atoms with E-state index in [-0.39, 0.29) is 23.1 Å². The van der Waals surface area contributed by atoms with E-state index in [4.69, 9.17) is 4.74 Å². The number of carbonyl (C=O) groups excluding carboxylic acids is 1. The van der Waals surface area contributed by atoms with Gasteiger partial charge in [0, 0.05) is 23.1 Å². The minimum Gasteiger partial charge on any atom is -0.444 e. The van der Waals surface area contributed by atoms with Crippen LogP contribution in [-0.4, -0.2) is 60.9 Å². The lowest BCUT2D eigenvalue weighted by Gasteiger charge is -2.36. The first-order valence-electron chi connectivity index (χ1n) is 11.2. The molecule has 2 aromatic carbocycles. The molecule has 0 radical (unpaired) electrons. The number of aryl methyl sites for hydroxylation is 1. The van der Waals surface area contributed by atoms with Crippen LogP contribution in [0.1, 0.15) is 38.3 Å². The number of hydrogen-bond acceptors (Lipinski definition) is 5. The Balaban J connectivity index is 1.62. The normalized spacial score (nSPS) is 20.3. The lowest BCUT2D eigenvalue weighted by atomic mass is 10.1. The first-order chi connectivity index (χ1) is 16.3. The third kappa shape index (κ3) is 5.61. The van der Waals surface area contributed by atoms with Crippen LogP contribution in [0.5, 0.6) is 0 Å². The molecule has 0 aromatic heterocycles. The zero-order chi connectivity index (χ0) is 25.5. The maximum absolute atomic E-state index is 13.8. The molecule has 4 rings (SSSR count). The average Bonchev–Trinajstić information content (AvgIpc) is 3.35. The molecule has 0 aliphatic carbocycles. The van der Waals surface area contributed by atoms with E-state index in [0.29, 0.717) is 35.4 Å². The molecule has 0 saturated carbocycles. The number of sulfonamides is 1. The summed E-state index contributed by atoms with van der Waals surface area (Å²) in [6.45, 7) is 8.20. The maximum Gasteiger partial charge on any atom is 0.410 e. The molecule has 2 fully saturated rings. The predicted molar refractivity (Wildman–Crippen MR) is 134 cm³/mol. The Labute approximate surface area is 213 Å². The number of halogens is 2. The number of ether oxygens (including phenoxy) is 1. The van der Waals surface area contributed by atoms with Gasteiger partial charge in [0.1, 0.15) is 11.4 Å². The molecule has 2 bridgehead atoms. The number of nitrogens with zero attached hydrogens (tertiary/aromatic N) is 3. The van der Waals surface area contributed by atoms with Gasteiger partial charge >= 0.3 is 6.09 Å². The Morgan fingerprint density at radius 2 is 1.74 bits per heavy atom. The van der Waals surface area contributed by atoms with Gasteiger partial charge in [-0.3, -0.25) is 0 Å². The summed E-state index contributed by atoms with van der Waals surface area (Å²) in [5, 5.41) is 4.30. The van der Waals surface area contributed by atoms with Crippen LogP contribution < -0.4 is 4.83 Å². The predicted octanol–water partition coefficient (Wildman–Crippen LogP) is 4.23. The highest BCUT2D eigenvalue weighted by Crippen LogP contribution is 2.34. The van der Waals surface area contributed by atoms with Crippen LogP contribution in [0.3, 0.4) is 0 Å². The highest BCUT2D eigenvalue weighted by Gasteiger charge is 2.48. The highest BCUT2D eigenvalue weighted by molar-refractivity contribution is 9.10. The number of hydrazone groups is 1. The molecule has 2 aromatic rings. The molecular formula is C24H28BrFN4O4S. The number of hydrogen-bond donors (Lipinski definition) is 1. The van der Waals surface area contributed by atoms with E-state index >= 15 is 0 Å². The average molecular weight is 567 g/mol. The minimum atomic E-state index is -3.93. The van der Waals surface area contributed by atoms with Gasteiger partial charge in [-0.2, -0.15) is 13.2 Å². The van der Waals surface area contributed by atoms with Crippen LogP contribution in [0.2, 0.25) is 0 Å². The molecule has 2 saturated heterocycles. The Bertz CT molecular complexity index is 1260. The Hall–Kier alpha value is -2.66. The molecule has 0 spiro atoms. The van der Waals surface area contributed by atoms with Crippen LogP contribution in [0.4, 0.5) is 9.18 Å². The van der Waals surface area contributed by atoms with Crippen molar-refractivity contribution in [1.29, 1.82) is 0 Å². The monoisotopic (exact) mass is 566 g/mol. The third-order valence-corrected chi connectivity index (χ3v) is 7.80. The van der Waals surface area contributed by atoms with Crippen molar-refractivity contribution in [2.45, 2.75) is 56.7 Å². The third-order valence-electron chi connectivity index (χ3n) is 5.92. The van der Waals surface area contributed by atoms with Gasteiger partial charge in [0.25, 0.3) is 10.0 Å². The summed E-state index contributed by atoms with van der Waals surface area (Å²) in [6, 6.07) is 10.4. The molecule has 35 heavy (non-hydrogen) atoms. The number of carbonyl (C=O) groups is 1. The molecule has 2 atom stereocenters. The number of fused-ring (bicyclic) bond motifs is 2. The van der Waals surface area contributed by atoms with Crippen molar-refractivity contribution in [1.82, 2.24) is 14.6 Å². The zero-order valence-electron chi connectivity index (χ0n) is 20.0. The molecular weight excluding hydrogens is 539 g/mol. The van der Waals surface area contributed by atoms with E-state index in [1.54, 1.807) is 23.1 Å². The highest BCUT2D eigenvalue weighted by atomic mass is 79.9. The van der Waals surface area contributed by atoms with Gasteiger partial charge in [-0.15, -0.1) is 5.10 Å². The molecule has 2 unspecified atom stereocenters. The van der Waals surface area contributed by atoms with Crippen molar-refractivity contribution >= 4 is 37.9 Å². The molecule has 1 N–H and O–H groups in total. The fourth-order valence-corrected chi connectivity index (χ4v) is 5.63. The van der Waals surface area contributed by atoms with Crippen molar-refractivity contribution < 1.29 is 22.3 Å². The second kappa shape index (κ2) is 9.42. The maximum atomic E-state index is 13.8. The summed E-state index contributed by atoms with van der Waals surface area (Å²) < 4.78 is 45.5. The van der Waals surface area contributed by atoms with Gasteiger partial charge in [0.15, 0.2) is 5.84 Å². The van der Waals surface area contributed by atoms with E-state index in [1.807, 2.05) is 32.6 Å². The Morgan fingerprint density at radius 1 is 1.11 bits per heavy atom. The zero-order valence-corrected chi connectivity index (χ0v) is 22.4. The summed E-state index contributed by atoms with van der Waals surface area (Å²) in [4.78, 5) is 18.7. The van der Waals surface area contributed by atoms with Crippen LogP contribution in [-0.2, 0) is 14.8 Å². The van der Waals surface area contributed by atoms with Gasteiger partial charge in [-0.05, 0) is 80.4 Å². The second-order valence-corrected chi connectivity index (χ2v) is 12.3. The molecule has 1 amide bonds. The van der Waals surface area contributed by atoms with E-state index < -0.39 is 21.4 Å². The summed E-state index contributed by atoms with van der Waals surface area (Å²) in [6.07, 6.45) is 0.327. The molecule has 2 heterocycles. The number of amidine groups is 1. The van der Waals surface area contributed by atoms with E-state index in [1.165, 1.54) is 24.3 Å². The van der Waals surface area contributed by atoms with Gasteiger partial charge in [0.05, 0.1) is 17.0 Å². The fraction of sp³-hybridized carbons (Fsp3) is 0.417. The van der Waals surface area contributed by atoms with Gasteiger partial charge < -0.3 is 14.5 Å². The fourth-order valence-electron chi connectivity index (χ4n) is 4.29. The summed E-state index contributed by atoms with van der Waals surface area (Å²) in [7, 11) is -3.93. The van der Waals surface area contributed by atoms with Gasteiger partial charge in [0.2, 0.25) is 0 Å². The number of rotatable bonds is 4. The lowest BCUT2D eigenvalue weighted by Crippen LogP contribution is -2.52. The van der Waals surface area contributed by atoms with Crippen molar-refractivity contribution in [3.05, 3.63) is 63.9 Å². The molecule has 8 nitrogen and oxygen atoms in total. The van der Waals surface area contributed by atoms with Crippen molar-refractivity contribution in [2.24, 2.45) is 5.10 Å². The largest absolute Gasteiger partial charge is 0.444 e. The van der Waals surface area contributed by atoms with Gasteiger partial charge in [-0.25, -0.2) is 9.18 Å². The Morgan fingerprint density at radius 3 is 2.31 bits per heavy atom. The SMILES string of the molecule is Cc1ccc(S(=O)(=O)NN=C(c2ccc(F)cc2Br)N2CC3CC2CN3C(=O)OC(C)(C)C)cc1. The quantitative estimate of drug-likeness (QED) is 0.339. The van der Waals surface area contributed by atoms with E-state index in [2.05, 4.69) is 25.9 Å². The van der Waals surface area contributed by atoms with Crippen molar-refractivity contribution in [2.75, 3.05) is 13.1 Å². The molecule has 2 aliphatic heterocycles. The topological polar surface area (TPSA) is 91.3 Å². The Kier molecular flexibility index (Phi) is 6.85. The number of nitrogens with one attached hydrogen (secondary N) is 1. The standard InChI is InChI=1S/C24H28BrFN4O4S/c1-15-5-8-19(9-6-15)35(32,33)28-27-22(20-10-7-16(26)11-21(20)25)29-13-18-12-17(29)14-30(18)23(31)34-24(2,3)4/h5-11,17-18,28H,12-14H2,1-4H3. The van der Waals surface area contributed by atoms with Crippen LogP contribution in [0.15, 0.2) is 56.9 Å². The second-order valence-electron chi connectivity index (χ2n) is 9.80. The van der Waals surface area contributed by atoms with Crippen LogP contribution in [0, 0.1) is 12.7 Å². The summed E-state index contributed by atoms with van der Waals surface area (Å²) in [5.41, 5.74) is 0.874. The van der Waals surface area contributed by atoms with Crippen LogP contribution >= 0.6 is 15.9 Å². The summed E-state index contributed by atoms with van der Waals surface area (Å²) in [5.74, 6) is -0.0804. The molecule has 11 heteroatoms. The van der Waals surface area contributed by atoms with Crippen LogP contribution in [0.25, 0.3) is 0 Å². The summed E-state index contributed by atoms with van der Waals surface area (Å²) >= 11 is 3.38.